The van der Waals surface area contributed by atoms with Gasteiger partial charge in [-0.05, 0) is 0 Å². The van der Waals surface area contributed by atoms with Crippen LogP contribution in [-0.2, 0) is 0 Å². The van der Waals surface area contributed by atoms with Gasteiger partial charge >= 0.3 is 0 Å². The van der Waals surface area contributed by atoms with Crippen molar-refractivity contribution < 1.29 is 0 Å². The van der Waals surface area contributed by atoms with E-state index in [0.29, 0.717) is 5.16 Å². The van der Waals surface area contributed by atoms with Crippen LogP contribution in [0.5, 0.6) is 0 Å². The lowest BCUT2D eigenvalue weighted by Crippen LogP contribution is -2.42. The molecular formula is C9H20Si2. The Labute approximate surface area is 73.4 Å². The monoisotopic (exact) mass is 184 g/mol. The van der Waals surface area contributed by atoms with Crippen molar-refractivity contribution in [2.45, 2.75) is 44.4 Å². The Bertz CT molecular complexity index is 149. The SMILES string of the molecule is C#CC([Si](C)(C)C)[Si](C)(C)C. The molecule has 0 atom stereocenters. The highest BCUT2D eigenvalue weighted by atomic mass is 28.4. The molecule has 0 aliphatic carbocycles. The molecule has 11 heavy (non-hydrogen) atoms. The molecule has 0 bridgehead atoms. The van der Waals surface area contributed by atoms with E-state index in [1.807, 2.05) is 0 Å². The average Bonchev–Trinajstić information content (AvgIpc) is 1.56. The number of hydrogen-bond donors (Lipinski definition) is 0. The maximum atomic E-state index is 5.56. The van der Waals surface area contributed by atoms with Gasteiger partial charge in [0.05, 0.1) is 16.1 Å². The topological polar surface area (TPSA) is 0 Å². The van der Waals surface area contributed by atoms with Crippen molar-refractivity contribution in [2.75, 3.05) is 0 Å². The van der Waals surface area contributed by atoms with Crippen molar-refractivity contribution in [1.82, 2.24) is 0 Å². The highest BCUT2D eigenvalue weighted by molar-refractivity contribution is 6.97. The van der Waals surface area contributed by atoms with E-state index in [1.54, 1.807) is 0 Å². The molecule has 0 nitrogen and oxygen atoms in total. The predicted molar refractivity (Wildman–Crippen MR) is 59.3 cm³/mol. The van der Waals surface area contributed by atoms with Crippen LogP contribution in [0, 0.1) is 12.3 Å². The van der Waals surface area contributed by atoms with Gasteiger partial charge in [0.1, 0.15) is 0 Å². The summed E-state index contributed by atoms with van der Waals surface area (Å²) in [6, 6.07) is 0. The van der Waals surface area contributed by atoms with E-state index in [1.165, 1.54) is 0 Å². The van der Waals surface area contributed by atoms with Crippen molar-refractivity contribution in [3.05, 3.63) is 0 Å². The molecule has 0 amide bonds. The third-order valence-corrected chi connectivity index (χ3v) is 10.9. The second-order valence-electron chi connectivity index (χ2n) is 5.33. The summed E-state index contributed by atoms with van der Waals surface area (Å²) >= 11 is 0. The predicted octanol–water partition coefficient (Wildman–Crippen LogP) is 3.21. The first-order chi connectivity index (χ1) is 4.69. The third-order valence-electron chi connectivity index (χ3n) is 1.90. The standard InChI is InChI=1S/C9H20Si2/c1-8-9(10(2,3)4)11(5,6)7/h1,9H,2-7H3. The molecule has 0 spiro atoms. The second-order valence-corrected chi connectivity index (χ2v) is 16.5. The normalized spacial score (nSPS) is 13.3. The Morgan fingerprint density at radius 2 is 1.18 bits per heavy atom. The van der Waals surface area contributed by atoms with Gasteiger partial charge in [0.2, 0.25) is 0 Å². The molecule has 0 N–H and O–H groups in total. The molecule has 0 unspecified atom stereocenters. The van der Waals surface area contributed by atoms with Crippen LogP contribution in [0.3, 0.4) is 0 Å². The quantitative estimate of drug-likeness (QED) is 0.457. The van der Waals surface area contributed by atoms with Crippen LogP contribution in [0.25, 0.3) is 0 Å². The molecule has 2 heteroatoms. The minimum Gasteiger partial charge on any atom is -0.120 e. The summed E-state index contributed by atoms with van der Waals surface area (Å²) in [4.78, 5) is 0. The van der Waals surface area contributed by atoms with Gasteiger partial charge in [-0.1, -0.05) is 39.3 Å². The van der Waals surface area contributed by atoms with Gasteiger partial charge < -0.3 is 0 Å². The zero-order chi connectivity index (χ0) is 9.28. The summed E-state index contributed by atoms with van der Waals surface area (Å²) < 4.78 is 0. The summed E-state index contributed by atoms with van der Waals surface area (Å²) in [5.41, 5.74) is 0. The number of rotatable bonds is 2. The Hall–Kier alpha value is -0.00623. The van der Waals surface area contributed by atoms with Crippen molar-refractivity contribution in [3.8, 4) is 12.3 Å². The van der Waals surface area contributed by atoms with E-state index >= 15 is 0 Å². The fourth-order valence-electron chi connectivity index (χ4n) is 1.80. The molecule has 0 saturated carbocycles. The lowest BCUT2D eigenvalue weighted by Gasteiger charge is -2.34. The first-order valence-electron chi connectivity index (χ1n) is 4.15. The van der Waals surface area contributed by atoms with Crippen LogP contribution in [0.2, 0.25) is 44.4 Å². The van der Waals surface area contributed by atoms with E-state index in [-0.39, 0.29) is 0 Å². The Balaban J connectivity index is 4.60. The zero-order valence-corrected chi connectivity index (χ0v) is 10.7. The van der Waals surface area contributed by atoms with Gasteiger partial charge in [0.15, 0.2) is 0 Å². The molecule has 0 heterocycles. The van der Waals surface area contributed by atoms with E-state index in [2.05, 4.69) is 45.2 Å². The van der Waals surface area contributed by atoms with Crippen molar-refractivity contribution in [2.24, 2.45) is 0 Å². The van der Waals surface area contributed by atoms with Crippen LogP contribution in [0.4, 0.5) is 0 Å². The largest absolute Gasteiger partial charge is 0.120 e. The van der Waals surface area contributed by atoms with Crippen molar-refractivity contribution in [3.63, 3.8) is 0 Å². The maximum absolute atomic E-state index is 5.56. The first-order valence-corrected chi connectivity index (χ1v) is 11.3. The minimum atomic E-state index is -1.10. The number of hydrogen-bond acceptors (Lipinski definition) is 0. The van der Waals surface area contributed by atoms with Gasteiger partial charge in [0, 0.05) is 5.16 Å². The van der Waals surface area contributed by atoms with Gasteiger partial charge in [-0.3, -0.25) is 0 Å². The van der Waals surface area contributed by atoms with Gasteiger partial charge in [-0.2, -0.15) is 0 Å². The average molecular weight is 184 g/mol. The second kappa shape index (κ2) is 3.16. The molecule has 0 saturated heterocycles. The fraction of sp³-hybridized carbons (Fsp3) is 0.778. The lowest BCUT2D eigenvalue weighted by atomic mass is 10.8. The van der Waals surface area contributed by atoms with Crippen LogP contribution in [0.15, 0.2) is 0 Å². The molecule has 0 aromatic carbocycles. The Morgan fingerprint density at radius 3 is 1.18 bits per heavy atom. The summed E-state index contributed by atoms with van der Waals surface area (Å²) in [5, 5.41) is 0.620. The van der Waals surface area contributed by atoms with Gasteiger partial charge in [-0.15, -0.1) is 12.3 Å². The first kappa shape index (κ1) is 11.0. The van der Waals surface area contributed by atoms with Crippen LogP contribution >= 0.6 is 0 Å². The minimum absolute atomic E-state index is 0.620. The lowest BCUT2D eigenvalue weighted by molar-refractivity contribution is 1.35. The smallest absolute Gasteiger partial charge is 0.0578 e. The maximum Gasteiger partial charge on any atom is 0.0578 e. The van der Waals surface area contributed by atoms with Crippen LogP contribution in [-0.4, -0.2) is 16.1 Å². The molecule has 0 aromatic heterocycles. The zero-order valence-electron chi connectivity index (χ0n) is 8.65. The summed E-state index contributed by atoms with van der Waals surface area (Å²) in [6.45, 7) is 14.2. The number of terminal acetylenes is 1. The molecule has 0 aromatic rings. The van der Waals surface area contributed by atoms with Gasteiger partial charge in [-0.25, -0.2) is 0 Å². The highest BCUT2D eigenvalue weighted by Gasteiger charge is 2.35. The van der Waals surface area contributed by atoms with Crippen LogP contribution < -0.4 is 0 Å². The molecular weight excluding hydrogens is 164 g/mol. The molecule has 0 aliphatic heterocycles. The van der Waals surface area contributed by atoms with Crippen molar-refractivity contribution in [1.29, 1.82) is 0 Å². The van der Waals surface area contributed by atoms with Gasteiger partial charge in [0.25, 0.3) is 0 Å². The Morgan fingerprint density at radius 1 is 0.909 bits per heavy atom. The molecule has 0 fully saturated rings. The summed E-state index contributed by atoms with van der Waals surface area (Å²) in [5.74, 6) is 3.01. The highest BCUT2D eigenvalue weighted by Crippen LogP contribution is 2.30. The van der Waals surface area contributed by atoms with E-state index in [9.17, 15) is 0 Å². The van der Waals surface area contributed by atoms with E-state index in [4.69, 9.17) is 6.42 Å². The van der Waals surface area contributed by atoms with E-state index in [0.717, 1.165) is 0 Å². The summed E-state index contributed by atoms with van der Waals surface area (Å²) in [6.07, 6.45) is 5.56. The summed E-state index contributed by atoms with van der Waals surface area (Å²) in [7, 11) is -2.19. The third kappa shape index (κ3) is 3.26. The molecule has 64 valence electrons. The van der Waals surface area contributed by atoms with E-state index < -0.39 is 16.1 Å². The van der Waals surface area contributed by atoms with Crippen molar-refractivity contribution >= 4 is 16.1 Å². The fourth-order valence-corrected chi connectivity index (χ4v) is 13.2. The molecule has 0 aliphatic rings. The van der Waals surface area contributed by atoms with Crippen LogP contribution in [0.1, 0.15) is 0 Å². The molecule has 0 rings (SSSR count). The molecule has 0 radical (unpaired) electrons. The Kier molecular flexibility index (Phi) is 3.16.